The fourth-order valence-corrected chi connectivity index (χ4v) is 1.85. The predicted molar refractivity (Wildman–Crippen MR) is 71.4 cm³/mol. The lowest BCUT2D eigenvalue weighted by atomic mass is 10.1. The summed E-state index contributed by atoms with van der Waals surface area (Å²) in [5.41, 5.74) is 3.24. The fourth-order valence-electron chi connectivity index (χ4n) is 1.85. The van der Waals surface area contributed by atoms with Gasteiger partial charge in [0.1, 0.15) is 5.75 Å². The number of ether oxygens (including phenoxy) is 1. The van der Waals surface area contributed by atoms with E-state index in [1.54, 1.807) is 7.11 Å². The highest BCUT2D eigenvalue weighted by Crippen LogP contribution is 2.23. The third kappa shape index (κ3) is 3.56. The Morgan fingerprint density at radius 1 is 1.53 bits per heavy atom. The van der Waals surface area contributed by atoms with E-state index in [0.717, 1.165) is 35.5 Å². The smallest absolute Gasteiger partial charge is 0.128 e. The maximum atomic E-state index is 5.39. The van der Waals surface area contributed by atoms with E-state index in [2.05, 4.69) is 23.8 Å². The molecular formula is C14H22N2O. The van der Waals surface area contributed by atoms with Gasteiger partial charge < -0.3 is 10.1 Å². The van der Waals surface area contributed by atoms with E-state index >= 15 is 0 Å². The minimum Gasteiger partial charge on any atom is -0.496 e. The van der Waals surface area contributed by atoms with Crippen molar-refractivity contribution in [3.63, 3.8) is 0 Å². The SMILES string of the molecule is C=CCC(C)NCc1ncc(C)c(OC)c1C. The molecule has 0 aromatic carbocycles. The van der Waals surface area contributed by atoms with E-state index in [4.69, 9.17) is 4.74 Å². The van der Waals surface area contributed by atoms with Crippen LogP contribution in [0, 0.1) is 13.8 Å². The van der Waals surface area contributed by atoms with Crippen LogP contribution in [0.3, 0.4) is 0 Å². The van der Waals surface area contributed by atoms with E-state index in [1.807, 2.05) is 26.1 Å². The first-order valence-electron chi connectivity index (χ1n) is 5.93. The maximum absolute atomic E-state index is 5.39. The van der Waals surface area contributed by atoms with Gasteiger partial charge >= 0.3 is 0 Å². The average Bonchev–Trinajstić information content (AvgIpc) is 2.29. The molecular weight excluding hydrogens is 212 g/mol. The van der Waals surface area contributed by atoms with Crippen molar-refractivity contribution in [2.45, 2.75) is 39.8 Å². The van der Waals surface area contributed by atoms with Crippen LogP contribution in [-0.2, 0) is 6.54 Å². The van der Waals surface area contributed by atoms with E-state index in [1.165, 1.54) is 0 Å². The van der Waals surface area contributed by atoms with Crippen molar-refractivity contribution in [2.24, 2.45) is 0 Å². The zero-order valence-corrected chi connectivity index (χ0v) is 11.2. The molecule has 3 heteroatoms. The van der Waals surface area contributed by atoms with Crippen LogP contribution in [0.1, 0.15) is 30.2 Å². The molecule has 0 aliphatic rings. The van der Waals surface area contributed by atoms with Crippen molar-refractivity contribution in [2.75, 3.05) is 7.11 Å². The summed E-state index contributed by atoms with van der Waals surface area (Å²) >= 11 is 0. The van der Waals surface area contributed by atoms with Crippen molar-refractivity contribution < 1.29 is 4.74 Å². The molecule has 3 nitrogen and oxygen atoms in total. The largest absolute Gasteiger partial charge is 0.496 e. The second kappa shape index (κ2) is 6.40. The minimum atomic E-state index is 0.418. The number of nitrogens with zero attached hydrogens (tertiary/aromatic N) is 1. The third-order valence-corrected chi connectivity index (χ3v) is 2.89. The van der Waals surface area contributed by atoms with Gasteiger partial charge in [-0.3, -0.25) is 4.98 Å². The molecule has 0 fully saturated rings. The maximum Gasteiger partial charge on any atom is 0.128 e. The predicted octanol–water partition coefficient (Wildman–Crippen LogP) is 2.76. The molecule has 0 amide bonds. The summed E-state index contributed by atoms with van der Waals surface area (Å²) in [5.74, 6) is 0.938. The Bertz CT molecular complexity index is 388. The van der Waals surface area contributed by atoms with E-state index in [9.17, 15) is 0 Å². The van der Waals surface area contributed by atoms with Gasteiger partial charge in [0, 0.05) is 29.9 Å². The molecule has 17 heavy (non-hydrogen) atoms. The lowest BCUT2D eigenvalue weighted by Gasteiger charge is -2.15. The second-order valence-electron chi connectivity index (χ2n) is 4.35. The van der Waals surface area contributed by atoms with Crippen LogP contribution in [-0.4, -0.2) is 18.1 Å². The zero-order chi connectivity index (χ0) is 12.8. The highest BCUT2D eigenvalue weighted by atomic mass is 16.5. The number of hydrogen-bond donors (Lipinski definition) is 1. The summed E-state index contributed by atoms with van der Waals surface area (Å²) in [6, 6.07) is 0.418. The molecule has 1 rings (SSSR count). The van der Waals surface area contributed by atoms with Crippen molar-refractivity contribution >= 4 is 0 Å². The van der Waals surface area contributed by atoms with Gasteiger partial charge in [-0.05, 0) is 27.2 Å². The number of nitrogens with one attached hydrogen (secondary N) is 1. The van der Waals surface area contributed by atoms with E-state index < -0.39 is 0 Å². The third-order valence-electron chi connectivity index (χ3n) is 2.89. The highest BCUT2D eigenvalue weighted by molar-refractivity contribution is 5.40. The second-order valence-corrected chi connectivity index (χ2v) is 4.35. The number of aromatic nitrogens is 1. The van der Waals surface area contributed by atoms with Crippen molar-refractivity contribution in [3.05, 3.63) is 35.7 Å². The summed E-state index contributed by atoms with van der Waals surface area (Å²) in [5, 5.41) is 3.42. The molecule has 1 aromatic rings. The van der Waals surface area contributed by atoms with Crippen LogP contribution in [0.15, 0.2) is 18.9 Å². The van der Waals surface area contributed by atoms with Crippen LogP contribution in [0.2, 0.25) is 0 Å². The first-order valence-corrected chi connectivity index (χ1v) is 5.93. The monoisotopic (exact) mass is 234 g/mol. The number of aryl methyl sites for hydroxylation is 1. The molecule has 0 saturated carbocycles. The van der Waals surface area contributed by atoms with Crippen LogP contribution in [0.25, 0.3) is 0 Å². The molecule has 0 radical (unpaired) electrons. The molecule has 1 atom stereocenters. The van der Waals surface area contributed by atoms with Crippen LogP contribution >= 0.6 is 0 Å². The van der Waals surface area contributed by atoms with Gasteiger partial charge in [0.15, 0.2) is 0 Å². The number of hydrogen-bond acceptors (Lipinski definition) is 3. The summed E-state index contributed by atoms with van der Waals surface area (Å²) < 4.78 is 5.39. The Morgan fingerprint density at radius 3 is 2.82 bits per heavy atom. The molecule has 1 heterocycles. The normalized spacial score (nSPS) is 12.2. The van der Waals surface area contributed by atoms with Crippen LogP contribution in [0.4, 0.5) is 0 Å². The van der Waals surface area contributed by atoms with Gasteiger partial charge in [0.05, 0.1) is 12.8 Å². The van der Waals surface area contributed by atoms with Crippen molar-refractivity contribution in [3.8, 4) is 5.75 Å². The molecule has 0 saturated heterocycles. The Morgan fingerprint density at radius 2 is 2.24 bits per heavy atom. The van der Waals surface area contributed by atoms with Gasteiger partial charge in [-0.25, -0.2) is 0 Å². The van der Waals surface area contributed by atoms with Crippen LogP contribution in [0.5, 0.6) is 5.75 Å². The zero-order valence-electron chi connectivity index (χ0n) is 11.2. The summed E-state index contributed by atoms with van der Waals surface area (Å²) in [7, 11) is 1.70. The van der Waals surface area contributed by atoms with Gasteiger partial charge in [0.25, 0.3) is 0 Å². The number of pyridine rings is 1. The van der Waals surface area contributed by atoms with Crippen LogP contribution < -0.4 is 10.1 Å². The molecule has 0 aliphatic heterocycles. The topological polar surface area (TPSA) is 34.2 Å². The van der Waals surface area contributed by atoms with Crippen molar-refractivity contribution in [1.82, 2.24) is 10.3 Å². The average molecular weight is 234 g/mol. The van der Waals surface area contributed by atoms with Gasteiger partial charge in [0.2, 0.25) is 0 Å². The van der Waals surface area contributed by atoms with Crippen molar-refractivity contribution in [1.29, 1.82) is 0 Å². The van der Waals surface area contributed by atoms with Gasteiger partial charge in [-0.15, -0.1) is 6.58 Å². The summed E-state index contributed by atoms with van der Waals surface area (Å²) in [6.07, 6.45) is 4.75. The lowest BCUT2D eigenvalue weighted by molar-refractivity contribution is 0.406. The fraction of sp³-hybridized carbons (Fsp3) is 0.500. The number of rotatable bonds is 6. The first kappa shape index (κ1) is 13.7. The highest BCUT2D eigenvalue weighted by Gasteiger charge is 2.09. The molecule has 0 aliphatic carbocycles. The molecule has 0 bridgehead atoms. The summed E-state index contributed by atoms with van der Waals surface area (Å²) in [6.45, 7) is 10.7. The summed E-state index contributed by atoms with van der Waals surface area (Å²) in [4.78, 5) is 4.45. The van der Waals surface area contributed by atoms with Gasteiger partial charge in [-0.2, -0.15) is 0 Å². The Hall–Kier alpha value is -1.35. The molecule has 0 spiro atoms. The Labute approximate surface area is 104 Å². The van der Waals surface area contributed by atoms with Gasteiger partial charge in [-0.1, -0.05) is 6.08 Å². The first-order chi connectivity index (χ1) is 8.10. The molecule has 94 valence electrons. The molecule has 1 N–H and O–H groups in total. The Balaban J connectivity index is 2.75. The standard InChI is InChI=1S/C14H22N2O/c1-6-7-11(3)15-9-13-12(4)14(17-5)10(2)8-16-13/h6,8,11,15H,1,7,9H2,2-5H3. The van der Waals surface area contributed by atoms with E-state index in [0.29, 0.717) is 6.04 Å². The molecule has 1 unspecified atom stereocenters. The molecule has 1 aromatic heterocycles. The lowest BCUT2D eigenvalue weighted by Crippen LogP contribution is -2.25. The minimum absolute atomic E-state index is 0.418. The quantitative estimate of drug-likeness (QED) is 0.768. The number of methoxy groups -OCH3 is 1. The van der Waals surface area contributed by atoms with E-state index in [-0.39, 0.29) is 0 Å². The Kier molecular flexibility index (Phi) is 5.16.